The van der Waals surface area contributed by atoms with Gasteiger partial charge in [-0.2, -0.15) is 0 Å². The molecule has 0 aliphatic heterocycles. The lowest BCUT2D eigenvalue weighted by molar-refractivity contribution is -0.126. The molecule has 0 amide bonds. The number of rotatable bonds is 2. The maximum Gasteiger partial charge on any atom is 0.161 e. The number of carbonyl (C=O) groups excluding carboxylic acids is 1. The molecule has 0 spiro atoms. The molecule has 3 aliphatic rings. The molecule has 4 rings (SSSR count). The van der Waals surface area contributed by atoms with Crippen LogP contribution in [0.5, 0.6) is 5.75 Å². The molecule has 1 saturated carbocycles. The van der Waals surface area contributed by atoms with E-state index in [1.165, 1.54) is 17.5 Å². The summed E-state index contributed by atoms with van der Waals surface area (Å²) in [6, 6.07) is 4.48. The minimum absolute atomic E-state index is 0.146. The van der Waals surface area contributed by atoms with Gasteiger partial charge in [0.25, 0.3) is 0 Å². The molecule has 1 aromatic carbocycles. The van der Waals surface area contributed by atoms with E-state index in [0.29, 0.717) is 23.5 Å². The zero-order chi connectivity index (χ0) is 16.2. The van der Waals surface area contributed by atoms with Gasteiger partial charge in [0, 0.05) is 11.0 Å². The fourth-order valence-electron chi connectivity index (χ4n) is 5.23. The number of fused-ring (bicyclic) bond motifs is 5. The summed E-state index contributed by atoms with van der Waals surface area (Å²) in [5.41, 5.74) is 3.82. The van der Waals surface area contributed by atoms with E-state index in [1.54, 1.807) is 7.11 Å². The summed E-state index contributed by atoms with van der Waals surface area (Å²) < 4.78 is 5.51. The maximum absolute atomic E-state index is 12.3. The highest BCUT2D eigenvalue weighted by Gasteiger charge is 2.52. The number of methoxy groups -OCH3 is 1. The van der Waals surface area contributed by atoms with Gasteiger partial charge in [0.15, 0.2) is 5.78 Å². The monoisotopic (exact) mass is 308 g/mol. The molecule has 0 heterocycles. The van der Waals surface area contributed by atoms with E-state index in [-0.39, 0.29) is 5.41 Å². The highest BCUT2D eigenvalue weighted by atomic mass is 16.5. The minimum atomic E-state index is -0.146. The molecule has 120 valence electrons. The summed E-state index contributed by atoms with van der Waals surface area (Å²) in [5.74, 6) is 2.84. The van der Waals surface area contributed by atoms with Crippen molar-refractivity contribution in [3.05, 3.63) is 47.6 Å². The lowest BCUT2D eigenvalue weighted by Crippen LogP contribution is -2.42. The Hall–Kier alpha value is -1.83. The van der Waals surface area contributed by atoms with Crippen molar-refractivity contribution in [2.45, 2.75) is 38.5 Å². The number of allylic oxidation sites excluding steroid dienone is 2. The van der Waals surface area contributed by atoms with E-state index in [1.807, 2.05) is 12.2 Å². The minimum Gasteiger partial charge on any atom is -0.496 e. The Labute approximate surface area is 138 Å². The van der Waals surface area contributed by atoms with Gasteiger partial charge in [-0.25, -0.2) is 0 Å². The van der Waals surface area contributed by atoms with E-state index in [4.69, 9.17) is 4.74 Å². The standard InChI is InChI=1S/C21H24O2/c1-4-13-11-17-14(12-19(13)23-3)5-6-16-15(17)9-10-21(2)18(16)7-8-20(21)22/h4,7-8,11-12,15-16,18H,1,5-6,9-10H2,2-3H3/t15-,16+,18-,21-/m0/s1. The van der Waals surface area contributed by atoms with E-state index >= 15 is 0 Å². The molecule has 23 heavy (non-hydrogen) atoms. The Morgan fingerprint density at radius 3 is 2.91 bits per heavy atom. The lowest BCUT2D eigenvalue weighted by atomic mass is 9.55. The number of benzene rings is 1. The predicted molar refractivity (Wildman–Crippen MR) is 92.6 cm³/mol. The van der Waals surface area contributed by atoms with Crippen molar-refractivity contribution in [1.82, 2.24) is 0 Å². The van der Waals surface area contributed by atoms with E-state index in [2.05, 4.69) is 31.7 Å². The third-order valence-electron chi connectivity index (χ3n) is 6.56. The first-order chi connectivity index (χ1) is 11.1. The number of carbonyl (C=O) groups is 1. The van der Waals surface area contributed by atoms with Crippen LogP contribution in [0.4, 0.5) is 0 Å². The summed E-state index contributed by atoms with van der Waals surface area (Å²) in [6.07, 6.45) is 10.3. The van der Waals surface area contributed by atoms with Crippen LogP contribution in [0.3, 0.4) is 0 Å². The first-order valence-corrected chi connectivity index (χ1v) is 8.64. The van der Waals surface area contributed by atoms with Gasteiger partial charge in [-0.1, -0.05) is 25.7 Å². The van der Waals surface area contributed by atoms with Gasteiger partial charge in [0.1, 0.15) is 5.75 Å². The molecular formula is C21H24O2. The Bertz CT molecular complexity index is 715. The van der Waals surface area contributed by atoms with Gasteiger partial charge in [-0.15, -0.1) is 0 Å². The van der Waals surface area contributed by atoms with Crippen LogP contribution >= 0.6 is 0 Å². The number of ketones is 1. The third kappa shape index (κ3) is 1.97. The third-order valence-corrected chi connectivity index (χ3v) is 6.56. The summed E-state index contributed by atoms with van der Waals surface area (Å²) in [6.45, 7) is 6.11. The van der Waals surface area contributed by atoms with Crippen molar-refractivity contribution in [3.63, 3.8) is 0 Å². The van der Waals surface area contributed by atoms with Crippen LogP contribution in [0.15, 0.2) is 30.9 Å². The van der Waals surface area contributed by atoms with Crippen LogP contribution in [-0.2, 0) is 11.2 Å². The quantitative estimate of drug-likeness (QED) is 0.802. The molecule has 1 aromatic rings. The Kier molecular flexibility index (Phi) is 3.26. The summed E-state index contributed by atoms with van der Waals surface area (Å²) in [5, 5.41) is 0. The topological polar surface area (TPSA) is 26.3 Å². The second-order valence-corrected chi connectivity index (χ2v) is 7.51. The van der Waals surface area contributed by atoms with Crippen LogP contribution in [0.25, 0.3) is 6.08 Å². The lowest BCUT2D eigenvalue weighted by Gasteiger charge is -2.48. The summed E-state index contributed by atoms with van der Waals surface area (Å²) in [4.78, 5) is 12.3. The van der Waals surface area contributed by atoms with Crippen molar-refractivity contribution in [2.75, 3.05) is 7.11 Å². The van der Waals surface area contributed by atoms with Gasteiger partial charge < -0.3 is 4.74 Å². The predicted octanol–water partition coefficient (Wildman–Crippen LogP) is 4.54. The molecule has 4 atom stereocenters. The Balaban J connectivity index is 1.76. The van der Waals surface area contributed by atoms with Gasteiger partial charge in [0.05, 0.1) is 7.11 Å². The van der Waals surface area contributed by atoms with Crippen molar-refractivity contribution in [3.8, 4) is 5.75 Å². The molecule has 3 aliphatic carbocycles. The van der Waals surface area contributed by atoms with Crippen LogP contribution in [0.1, 0.15) is 48.8 Å². The number of hydrogen-bond donors (Lipinski definition) is 0. The molecule has 0 radical (unpaired) electrons. The van der Waals surface area contributed by atoms with Crippen LogP contribution in [-0.4, -0.2) is 12.9 Å². The molecule has 1 fully saturated rings. The van der Waals surface area contributed by atoms with Gasteiger partial charge in [0.2, 0.25) is 0 Å². The SMILES string of the molecule is C=Cc1cc2c(cc1OC)CC[C@@H]1[C@@H]2CC[C@]2(C)C(=O)C=C[C@@H]12. The van der Waals surface area contributed by atoms with E-state index in [0.717, 1.165) is 30.6 Å². The number of hydrogen-bond acceptors (Lipinski definition) is 2. The zero-order valence-corrected chi connectivity index (χ0v) is 14.0. The number of ether oxygens (including phenoxy) is 1. The second-order valence-electron chi connectivity index (χ2n) is 7.51. The van der Waals surface area contributed by atoms with Gasteiger partial charge in [-0.05, 0) is 72.8 Å². The fourth-order valence-corrected chi connectivity index (χ4v) is 5.23. The van der Waals surface area contributed by atoms with Crippen LogP contribution in [0.2, 0.25) is 0 Å². The van der Waals surface area contributed by atoms with Gasteiger partial charge in [-0.3, -0.25) is 4.79 Å². The molecule has 0 N–H and O–H groups in total. The highest BCUT2D eigenvalue weighted by Crippen LogP contribution is 2.57. The second kappa shape index (κ2) is 5.09. The fraction of sp³-hybridized carbons (Fsp3) is 0.476. The molecule has 0 saturated heterocycles. The molecule has 2 heteroatoms. The maximum atomic E-state index is 12.3. The molecule has 2 nitrogen and oxygen atoms in total. The van der Waals surface area contributed by atoms with Crippen molar-refractivity contribution in [1.29, 1.82) is 0 Å². The average Bonchev–Trinajstić information content (AvgIpc) is 2.88. The smallest absolute Gasteiger partial charge is 0.161 e. The molecule has 0 bridgehead atoms. The van der Waals surface area contributed by atoms with E-state index in [9.17, 15) is 4.79 Å². The highest BCUT2D eigenvalue weighted by molar-refractivity contribution is 5.97. The van der Waals surface area contributed by atoms with Gasteiger partial charge >= 0.3 is 0 Å². The Morgan fingerprint density at radius 1 is 1.35 bits per heavy atom. The first-order valence-electron chi connectivity index (χ1n) is 8.64. The normalized spacial score (nSPS) is 34.5. The molecule has 0 unspecified atom stereocenters. The first kappa shape index (κ1) is 14.7. The van der Waals surface area contributed by atoms with Crippen LogP contribution in [0, 0.1) is 17.3 Å². The van der Waals surface area contributed by atoms with Crippen molar-refractivity contribution < 1.29 is 9.53 Å². The average molecular weight is 308 g/mol. The van der Waals surface area contributed by atoms with Crippen LogP contribution < -0.4 is 4.74 Å². The van der Waals surface area contributed by atoms with Crippen molar-refractivity contribution in [2.24, 2.45) is 17.3 Å². The zero-order valence-electron chi connectivity index (χ0n) is 14.0. The number of aryl methyl sites for hydroxylation is 1. The molecule has 0 aromatic heterocycles. The van der Waals surface area contributed by atoms with Crippen molar-refractivity contribution >= 4 is 11.9 Å². The molecular weight excluding hydrogens is 284 g/mol. The summed E-state index contributed by atoms with van der Waals surface area (Å²) >= 11 is 0. The Morgan fingerprint density at radius 2 is 2.17 bits per heavy atom. The summed E-state index contributed by atoms with van der Waals surface area (Å²) in [7, 11) is 1.72. The largest absolute Gasteiger partial charge is 0.496 e. The van der Waals surface area contributed by atoms with E-state index < -0.39 is 0 Å².